The molecule has 14 heavy (non-hydrogen) atoms. The van der Waals surface area contributed by atoms with E-state index in [1.807, 2.05) is 6.26 Å². The van der Waals surface area contributed by atoms with Gasteiger partial charge in [0.05, 0.1) is 10.8 Å². The van der Waals surface area contributed by atoms with Crippen LogP contribution in [-0.4, -0.2) is 22.0 Å². The quantitative estimate of drug-likeness (QED) is 0.726. The fourth-order valence-electron chi connectivity index (χ4n) is 1.06. The maximum atomic E-state index is 12.8. The molecule has 78 valence electrons. The van der Waals surface area contributed by atoms with E-state index >= 15 is 0 Å². The molecule has 1 unspecified atom stereocenters. The third kappa shape index (κ3) is 3.80. The van der Waals surface area contributed by atoms with Gasteiger partial charge in [-0.15, -0.1) is 0 Å². The van der Waals surface area contributed by atoms with Crippen LogP contribution in [0.2, 0.25) is 0 Å². The van der Waals surface area contributed by atoms with Crippen molar-refractivity contribution in [1.82, 2.24) is 0 Å². The lowest BCUT2D eigenvalue weighted by Crippen LogP contribution is -1.99. The highest BCUT2D eigenvalue weighted by molar-refractivity contribution is 7.98. The van der Waals surface area contributed by atoms with Gasteiger partial charge in [-0.1, -0.05) is 6.07 Å². The molecule has 0 bridgehead atoms. The second-order valence-corrected chi connectivity index (χ2v) is 5.41. The third-order valence-corrected chi connectivity index (χ3v) is 3.87. The van der Waals surface area contributed by atoms with Crippen molar-refractivity contribution in [2.24, 2.45) is 0 Å². The Labute approximate surface area is 90.6 Å². The van der Waals surface area contributed by atoms with Crippen molar-refractivity contribution in [3.8, 4) is 0 Å². The first-order valence-corrected chi connectivity index (χ1v) is 7.08. The van der Waals surface area contributed by atoms with Gasteiger partial charge < -0.3 is 0 Å². The first-order chi connectivity index (χ1) is 6.74. The van der Waals surface area contributed by atoms with Crippen molar-refractivity contribution in [3.05, 3.63) is 30.1 Å². The summed E-state index contributed by atoms with van der Waals surface area (Å²) in [5.74, 6) is 1.30. The lowest BCUT2D eigenvalue weighted by molar-refractivity contribution is 0.622. The zero-order chi connectivity index (χ0) is 10.4. The minimum atomic E-state index is -1.05. The molecule has 4 heteroatoms. The molecule has 0 N–H and O–H groups in total. The molecular formula is C10H13FOS2. The van der Waals surface area contributed by atoms with Gasteiger partial charge in [-0.25, -0.2) is 4.39 Å². The molecule has 0 spiro atoms. The van der Waals surface area contributed by atoms with Crippen LogP contribution in [0.3, 0.4) is 0 Å². The van der Waals surface area contributed by atoms with Crippen molar-refractivity contribution < 1.29 is 8.60 Å². The first kappa shape index (κ1) is 11.7. The summed E-state index contributed by atoms with van der Waals surface area (Å²) >= 11 is 1.73. The largest absolute Gasteiger partial charge is 0.254 e. The van der Waals surface area contributed by atoms with E-state index in [1.54, 1.807) is 23.9 Å². The van der Waals surface area contributed by atoms with Gasteiger partial charge in [0, 0.05) is 10.6 Å². The Hall–Kier alpha value is -0.350. The summed E-state index contributed by atoms with van der Waals surface area (Å²) in [7, 11) is -1.05. The number of rotatable bonds is 5. The highest BCUT2D eigenvalue weighted by Gasteiger charge is 2.03. The fraction of sp³-hybridized carbons (Fsp3) is 0.400. The fourth-order valence-corrected chi connectivity index (χ4v) is 2.79. The average molecular weight is 232 g/mol. The summed E-state index contributed by atoms with van der Waals surface area (Å²) in [5, 5.41) is 0. The van der Waals surface area contributed by atoms with Gasteiger partial charge in [0.1, 0.15) is 5.82 Å². The average Bonchev–Trinajstić information content (AvgIpc) is 2.18. The number of thioether (sulfide) groups is 1. The molecule has 0 fully saturated rings. The standard InChI is InChI=1S/C10H13FOS2/c1-13-6-3-7-14(12)10-5-2-4-9(11)8-10/h2,4-5,8H,3,6-7H2,1H3. The normalized spacial score (nSPS) is 12.7. The lowest BCUT2D eigenvalue weighted by atomic mass is 10.4. The maximum Gasteiger partial charge on any atom is 0.124 e. The summed E-state index contributed by atoms with van der Waals surface area (Å²) in [6.07, 6.45) is 2.93. The molecule has 1 aromatic carbocycles. The van der Waals surface area contributed by atoms with Crippen LogP contribution >= 0.6 is 11.8 Å². The molecule has 0 aromatic heterocycles. The molecule has 0 heterocycles. The molecule has 0 radical (unpaired) electrons. The molecule has 0 saturated heterocycles. The second-order valence-electron chi connectivity index (χ2n) is 2.85. The van der Waals surface area contributed by atoms with Crippen molar-refractivity contribution in [3.63, 3.8) is 0 Å². The lowest BCUT2D eigenvalue weighted by Gasteiger charge is -2.01. The molecule has 1 rings (SSSR count). The Kier molecular flexibility index (Phi) is 5.19. The summed E-state index contributed by atoms with van der Waals surface area (Å²) in [6, 6.07) is 6.01. The van der Waals surface area contributed by atoms with E-state index in [0.717, 1.165) is 12.2 Å². The molecule has 0 aliphatic carbocycles. The Morgan fingerprint density at radius 3 is 2.93 bits per heavy atom. The van der Waals surface area contributed by atoms with E-state index in [2.05, 4.69) is 0 Å². The Bertz CT molecular complexity index is 315. The monoisotopic (exact) mass is 232 g/mol. The summed E-state index contributed by atoms with van der Waals surface area (Å²) in [6.45, 7) is 0. The minimum absolute atomic E-state index is 0.319. The van der Waals surface area contributed by atoms with Crippen molar-refractivity contribution in [2.45, 2.75) is 11.3 Å². The Morgan fingerprint density at radius 1 is 1.50 bits per heavy atom. The van der Waals surface area contributed by atoms with Crippen LogP contribution in [0.15, 0.2) is 29.2 Å². The number of benzene rings is 1. The van der Waals surface area contributed by atoms with Crippen LogP contribution < -0.4 is 0 Å². The molecule has 1 atom stereocenters. The van der Waals surface area contributed by atoms with Gasteiger partial charge >= 0.3 is 0 Å². The van der Waals surface area contributed by atoms with Gasteiger partial charge in [-0.3, -0.25) is 4.21 Å². The van der Waals surface area contributed by atoms with Gasteiger partial charge in [-0.05, 0) is 36.6 Å². The third-order valence-electron chi connectivity index (χ3n) is 1.74. The maximum absolute atomic E-state index is 12.8. The molecule has 0 saturated carbocycles. The number of hydrogen-bond acceptors (Lipinski definition) is 2. The van der Waals surface area contributed by atoms with E-state index in [1.165, 1.54) is 12.1 Å². The topological polar surface area (TPSA) is 17.1 Å². The van der Waals surface area contributed by atoms with Crippen molar-refractivity contribution in [2.75, 3.05) is 17.8 Å². The van der Waals surface area contributed by atoms with E-state index in [9.17, 15) is 8.60 Å². The van der Waals surface area contributed by atoms with Gasteiger partial charge in [0.15, 0.2) is 0 Å². The van der Waals surface area contributed by atoms with E-state index in [0.29, 0.717) is 10.6 Å². The number of hydrogen-bond donors (Lipinski definition) is 0. The molecular weight excluding hydrogens is 219 g/mol. The Morgan fingerprint density at radius 2 is 2.29 bits per heavy atom. The van der Waals surface area contributed by atoms with E-state index in [4.69, 9.17) is 0 Å². The van der Waals surface area contributed by atoms with Crippen LogP contribution in [0.4, 0.5) is 4.39 Å². The van der Waals surface area contributed by atoms with Crippen LogP contribution in [0, 0.1) is 5.82 Å². The minimum Gasteiger partial charge on any atom is -0.254 e. The summed E-state index contributed by atoms with van der Waals surface area (Å²) in [4.78, 5) is 0.589. The smallest absolute Gasteiger partial charge is 0.124 e. The summed E-state index contributed by atoms with van der Waals surface area (Å²) < 4.78 is 24.4. The van der Waals surface area contributed by atoms with Crippen LogP contribution in [0.25, 0.3) is 0 Å². The van der Waals surface area contributed by atoms with Crippen LogP contribution in [-0.2, 0) is 10.8 Å². The first-order valence-electron chi connectivity index (χ1n) is 4.37. The highest BCUT2D eigenvalue weighted by atomic mass is 32.2. The van der Waals surface area contributed by atoms with Crippen LogP contribution in [0.5, 0.6) is 0 Å². The molecule has 0 aliphatic heterocycles. The SMILES string of the molecule is CSCCCS(=O)c1cccc(F)c1. The number of halogens is 1. The summed E-state index contributed by atoms with van der Waals surface area (Å²) in [5.41, 5.74) is 0. The predicted molar refractivity (Wildman–Crippen MR) is 60.7 cm³/mol. The van der Waals surface area contributed by atoms with E-state index < -0.39 is 10.8 Å². The zero-order valence-corrected chi connectivity index (χ0v) is 9.67. The van der Waals surface area contributed by atoms with Crippen molar-refractivity contribution in [1.29, 1.82) is 0 Å². The van der Waals surface area contributed by atoms with Gasteiger partial charge in [0.25, 0.3) is 0 Å². The molecule has 1 aromatic rings. The zero-order valence-electron chi connectivity index (χ0n) is 8.03. The molecule has 0 aliphatic rings. The highest BCUT2D eigenvalue weighted by Crippen LogP contribution is 2.10. The Balaban J connectivity index is 2.52. The van der Waals surface area contributed by atoms with Gasteiger partial charge in [-0.2, -0.15) is 11.8 Å². The van der Waals surface area contributed by atoms with Gasteiger partial charge in [0.2, 0.25) is 0 Å². The van der Waals surface area contributed by atoms with E-state index in [-0.39, 0.29) is 5.82 Å². The molecule has 1 nitrogen and oxygen atoms in total. The van der Waals surface area contributed by atoms with Crippen molar-refractivity contribution >= 4 is 22.6 Å². The van der Waals surface area contributed by atoms with Crippen LogP contribution in [0.1, 0.15) is 6.42 Å². The predicted octanol–water partition coefficient (Wildman–Crippen LogP) is 2.69. The molecule has 0 amide bonds. The second kappa shape index (κ2) is 6.19.